The van der Waals surface area contributed by atoms with Crippen molar-refractivity contribution in [2.24, 2.45) is 0 Å². The summed E-state index contributed by atoms with van der Waals surface area (Å²) in [6.45, 7) is 1.66. The van der Waals surface area contributed by atoms with Crippen molar-refractivity contribution in [3.63, 3.8) is 0 Å². The van der Waals surface area contributed by atoms with Crippen LogP contribution in [-0.4, -0.2) is 26.0 Å². The summed E-state index contributed by atoms with van der Waals surface area (Å²) >= 11 is 5.97. The number of carbonyl (C=O) groups is 1. The van der Waals surface area contributed by atoms with E-state index < -0.39 is 0 Å². The molecule has 0 radical (unpaired) electrons. The van der Waals surface area contributed by atoms with Gasteiger partial charge in [-0.2, -0.15) is 0 Å². The molecule has 1 amide bonds. The van der Waals surface area contributed by atoms with Crippen molar-refractivity contribution in [1.29, 1.82) is 0 Å². The Kier molecular flexibility index (Phi) is 5.93. The van der Waals surface area contributed by atoms with Crippen molar-refractivity contribution < 1.29 is 4.79 Å². The SMILES string of the molecule is CNCCCC(=O)N1CCc2ccc(Cl)cc21.Cl. The average molecular weight is 289 g/mol. The molecule has 0 bridgehead atoms. The predicted molar refractivity (Wildman–Crippen MR) is 77.9 cm³/mol. The third kappa shape index (κ3) is 3.37. The molecule has 1 aliphatic rings. The van der Waals surface area contributed by atoms with Crippen LogP contribution in [0.3, 0.4) is 0 Å². The summed E-state index contributed by atoms with van der Waals surface area (Å²) in [5, 5.41) is 3.74. The Morgan fingerprint density at radius 3 is 3.00 bits per heavy atom. The predicted octanol–water partition coefficient (Wildman–Crippen LogP) is 2.65. The van der Waals surface area contributed by atoms with E-state index in [9.17, 15) is 4.79 Å². The second-order valence-electron chi connectivity index (χ2n) is 4.28. The van der Waals surface area contributed by atoms with E-state index in [0.717, 1.165) is 31.6 Å². The zero-order valence-corrected chi connectivity index (χ0v) is 12.0. The molecular formula is C13H18Cl2N2O. The van der Waals surface area contributed by atoms with Gasteiger partial charge in [-0.25, -0.2) is 0 Å². The highest BCUT2D eigenvalue weighted by Gasteiger charge is 2.24. The average Bonchev–Trinajstić information content (AvgIpc) is 2.72. The first kappa shape index (κ1) is 15.3. The van der Waals surface area contributed by atoms with Gasteiger partial charge >= 0.3 is 0 Å². The van der Waals surface area contributed by atoms with E-state index in [1.54, 1.807) is 0 Å². The molecule has 0 saturated heterocycles. The Morgan fingerprint density at radius 2 is 2.28 bits per heavy atom. The molecule has 0 unspecified atom stereocenters. The highest BCUT2D eigenvalue weighted by Crippen LogP contribution is 2.31. The monoisotopic (exact) mass is 288 g/mol. The van der Waals surface area contributed by atoms with Crippen LogP contribution < -0.4 is 10.2 Å². The molecule has 0 aliphatic carbocycles. The van der Waals surface area contributed by atoms with Crippen molar-refractivity contribution in [2.75, 3.05) is 25.0 Å². The highest BCUT2D eigenvalue weighted by atomic mass is 35.5. The first-order chi connectivity index (χ1) is 8.22. The normalized spacial score (nSPS) is 13.1. The Balaban J connectivity index is 0.00000162. The minimum Gasteiger partial charge on any atom is -0.320 e. The third-order valence-electron chi connectivity index (χ3n) is 3.06. The van der Waals surface area contributed by atoms with Crippen LogP contribution >= 0.6 is 24.0 Å². The molecule has 1 N–H and O–H groups in total. The van der Waals surface area contributed by atoms with Crippen molar-refractivity contribution in [1.82, 2.24) is 5.32 Å². The van der Waals surface area contributed by atoms with Crippen LogP contribution in [0.4, 0.5) is 5.69 Å². The molecule has 1 aliphatic heterocycles. The minimum atomic E-state index is 0. The van der Waals surface area contributed by atoms with E-state index in [4.69, 9.17) is 11.6 Å². The van der Waals surface area contributed by atoms with E-state index in [1.165, 1.54) is 5.56 Å². The molecular weight excluding hydrogens is 271 g/mol. The van der Waals surface area contributed by atoms with E-state index in [1.807, 2.05) is 30.1 Å². The van der Waals surface area contributed by atoms with Crippen LogP contribution in [0.15, 0.2) is 18.2 Å². The molecule has 100 valence electrons. The van der Waals surface area contributed by atoms with Crippen LogP contribution in [0.25, 0.3) is 0 Å². The Bertz CT molecular complexity index is 423. The first-order valence-corrected chi connectivity index (χ1v) is 6.33. The van der Waals surface area contributed by atoms with Crippen LogP contribution in [-0.2, 0) is 11.2 Å². The standard InChI is InChI=1S/C13H17ClN2O.ClH/c1-15-7-2-3-13(17)16-8-6-10-4-5-11(14)9-12(10)16;/h4-5,9,15H,2-3,6-8H2,1H3;1H. The number of amides is 1. The van der Waals surface area contributed by atoms with Crippen molar-refractivity contribution in [3.05, 3.63) is 28.8 Å². The minimum absolute atomic E-state index is 0. The summed E-state index contributed by atoms with van der Waals surface area (Å²) in [5.41, 5.74) is 2.21. The van der Waals surface area contributed by atoms with Crippen molar-refractivity contribution in [3.8, 4) is 0 Å². The maximum Gasteiger partial charge on any atom is 0.227 e. The number of nitrogens with zero attached hydrogens (tertiary/aromatic N) is 1. The molecule has 1 aromatic rings. The Labute approximate surface area is 119 Å². The fourth-order valence-corrected chi connectivity index (χ4v) is 2.33. The van der Waals surface area contributed by atoms with Crippen molar-refractivity contribution >= 4 is 35.6 Å². The Hall–Kier alpha value is -0.770. The number of anilines is 1. The number of hydrogen-bond donors (Lipinski definition) is 1. The molecule has 0 saturated carbocycles. The first-order valence-electron chi connectivity index (χ1n) is 5.96. The van der Waals surface area contributed by atoms with Gasteiger partial charge in [0.1, 0.15) is 0 Å². The van der Waals surface area contributed by atoms with Gasteiger partial charge in [0.15, 0.2) is 0 Å². The van der Waals surface area contributed by atoms with Crippen LogP contribution in [0.1, 0.15) is 18.4 Å². The molecule has 0 aromatic heterocycles. The molecule has 1 aromatic carbocycles. The summed E-state index contributed by atoms with van der Waals surface area (Å²) < 4.78 is 0. The second kappa shape index (κ2) is 6.98. The summed E-state index contributed by atoms with van der Waals surface area (Å²) in [4.78, 5) is 13.9. The molecule has 5 heteroatoms. The number of benzene rings is 1. The fraction of sp³-hybridized carbons (Fsp3) is 0.462. The zero-order valence-electron chi connectivity index (χ0n) is 10.4. The van der Waals surface area contributed by atoms with Gasteiger partial charge in [-0.3, -0.25) is 4.79 Å². The third-order valence-corrected chi connectivity index (χ3v) is 3.30. The largest absolute Gasteiger partial charge is 0.320 e. The van der Waals surface area contributed by atoms with Gasteiger partial charge in [0.05, 0.1) is 0 Å². The van der Waals surface area contributed by atoms with E-state index >= 15 is 0 Å². The van der Waals surface area contributed by atoms with Gasteiger partial charge in [-0.15, -0.1) is 12.4 Å². The maximum absolute atomic E-state index is 12.0. The van der Waals surface area contributed by atoms with Crippen LogP contribution in [0, 0.1) is 0 Å². The lowest BCUT2D eigenvalue weighted by Crippen LogP contribution is -2.29. The number of halogens is 2. The van der Waals surface area contributed by atoms with Gasteiger partial charge in [0.25, 0.3) is 0 Å². The van der Waals surface area contributed by atoms with Crippen LogP contribution in [0.5, 0.6) is 0 Å². The number of fused-ring (bicyclic) bond motifs is 1. The topological polar surface area (TPSA) is 32.3 Å². The van der Waals surface area contributed by atoms with E-state index in [-0.39, 0.29) is 18.3 Å². The summed E-state index contributed by atoms with van der Waals surface area (Å²) in [7, 11) is 1.90. The van der Waals surface area contributed by atoms with Gasteiger partial charge in [-0.05, 0) is 44.1 Å². The maximum atomic E-state index is 12.0. The fourth-order valence-electron chi connectivity index (χ4n) is 2.16. The zero-order chi connectivity index (χ0) is 12.3. The number of rotatable bonds is 4. The molecule has 3 nitrogen and oxygen atoms in total. The lowest BCUT2D eigenvalue weighted by Gasteiger charge is -2.17. The summed E-state index contributed by atoms with van der Waals surface area (Å²) in [5.74, 6) is 0.196. The molecule has 1 heterocycles. The molecule has 0 atom stereocenters. The molecule has 2 rings (SSSR count). The lowest BCUT2D eigenvalue weighted by molar-refractivity contribution is -0.118. The summed E-state index contributed by atoms with van der Waals surface area (Å²) in [6, 6.07) is 5.79. The summed E-state index contributed by atoms with van der Waals surface area (Å²) in [6.07, 6.45) is 2.40. The second-order valence-corrected chi connectivity index (χ2v) is 4.71. The quantitative estimate of drug-likeness (QED) is 0.864. The van der Waals surface area contributed by atoms with Gasteiger partial charge in [0.2, 0.25) is 5.91 Å². The Morgan fingerprint density at radius 1 is 1.50 bits per heavy atom. The smallest absolute Gasteiger partial charge is 0.227 e. The highest BCUT2D eigenvalue weighted by molar-refractivity contribution is 6.31. The lowest BCUT2D eigenvalue weighted by atomic mass is 10.2. The molecule has 0 fully saturated rings. The number of carbonyl (C=O) groups excluding carboxylic acids is 1. The van der Waals surface area contributed by atoms with Crippen molar-refractivity contribution in [2.45, 2.75) is 19.3 Å². The van der Waals surface area contributed by atoms with E-state index in [2.05, 4.69) is 5.32 Å². The van der Waals surface area contributed by atoms with Gasteiger partial charge in [-0.1, -0.05) is 17.7 Å². The number of nitrogens with one attached hydrogen (secondary N) is 1. The molecule has 18 heavy (non-hydrogen) atoms. The number of hydrogen-bond acceptors (Lipinski definition) is 2. The van der Waals surface area contributed by atoms with Gasteiger partial charge < -0.3 is 10.2 Å². The van der Waals surface area contributed by atoms with Gasteiger partial charge in [0, 0.05) is 23.7 Å². The molecule has 0 spiro atoms. The van der Waals surface area contributed by atoms with Crippen LogP contribution in [0.2, 0.25) is 5.02 Å². The van der Waals surface area contributed by atoms with E-state index in [0.29, 0.717) is 11.4 Å².